The van der Waals surface area contributed by atoms with E-state index in [1.165, 1.54) is 10.4 Å². The van der Waals surface area contributed by atoms with E-state index in [9.17, 15) is 13.2 Å². The number of carbonyl (C=O) groups excluding carboxylic acids is 1. The first-order chi connectivity index (χ1) is 15.4. The van der Waals surface area contributed by atoms with Gasteiger partial charge in [0, 0.05) is 18.8 Å². The average Bonchev–Trinajstić information content (AvgIpc) is 2.78. The molecule has 8 nitrogen and oxygen atoms in total. The van der Waals surface area contributed by atoms with E-state index in [-0.39, 0.29) is 17.3 Å². The van der Waals surface area contributed by atoms with Crippen molar-refractivity contribution in [2.24, 2.45) is 0 Å². The summed E-state index contributed by atoms with van der Waals surface area (Å²) in [7, 11) is -3.77. The SMILES string of the molecule is CCCOc1ccccc1OCC(=O)Nc1ccc(OCC)c(S(=O)(=O)N(CC)CC)c1. The second kappa shape index (κ2) is 12.3. The summed E-state index contributed by atoms with van der Waals surface area (Å²) < 4.78 is 44.2. The summed E-state index contributed by atoms with van der Waals surface area (Å²) in [6, 6.07) is 11.7. The van der Waals surface area contributed by atoms with Crippen molar-refractivity contribution in [1.82, 2.24) is 4.31 Å². The third-order valence-electron chi connectivity index (χ3n) is 4.52. The van der Waals surface area contributed by atoms with Crippen LogP contribution in [0.2, 0.25) is 0 Å². The van der Waals surface area contributed by atoms with E-state index < -0.39 is 15.9 Å². The highest BCUT2D eigenvalue weighted by atomic mass is 32.2. The second-order valence-corrected chi connectivity index (χ2v) is 8.72. The molecule has 0 saturated carbocycles. The van der Waals surface area contributed by atoms with Gasteiger partial charge in [-0.3, -0.25) is 4.79 Å². The summed E-state index contributed by atoms with van der Waals surface area (Å²) >= 11 is 0. The van der Waals surface area contributed by atoms with Gasteiger partial charge in [0.2, 0.25) is 10.0 Å². The molecule has 2 rings (SSSR count). The Balaban J connectivity index is 2.17. The minimum Gasteiger partial charge on any atom is -0.492 e. The maximum atomic E-state index is 13.1. The van der Waals surface area contributed by atoms with Crippen LogP contribution in [0.4, 0.5) is 5.69 Å². The molecule has 0 fully saturated rings. The van der Waals surface area contributed by atoms with Gasteiger partial charge >= 0.3 is 0 Å². The van der Waals surface area contributed by atoms with Crippen molar-refractivity contribution < 1.29 is 27.4 Å². The molecule has 9 heteroatoms. The van der Waals surface area contributed by atoms with E-state index in [0.29, 0.717) is 43.5 Å². The molecule has 32 heavy (non-hydrogen) atoms. The maximum Gasteiger partial charge on any atom is 0.262 e. The summed E-state index contributed by atoms with van der Waals surface area (Å²) in [5.74, 6) is 0.852. The molecule has 0 heterocycles. The first-order valence-electron chi connectivity index (χ1n) is 10.8. The molecule has 1 amide bonds. The van der Waals surface area contributed by atoms with E-state index >= 15 is 0 Å². The second-order valence-electron chi connectivity index (χ2n) is 6.82. The number of nitrogens with zero attached hydrogens (tertiary/aromatic N) is 1. The monoisotopic (exact) mass is 464 g/mol. The molecular weight excluding hydrogens is 432 g/mol. The molecule has 1 N–H and O–H groups in total. The largest absolute Gasteiger partial charge is 0.492 e. The third-order valence-corrected chi connectivity index (χ3v) is 6.59. The minimum atomic E-state index is -3.77. The fourth-order valence-corrected chi connectivity index (χ4v) is 4.62. The smallest absolute Gasteiger partial charge is 0.262 e. The van der Waals surface area contributed by atoms with Crippen LogP contribution >= 0.6 is 0 Å². The van der Waals surface area contributed by atoms with Crippen LogP contribution in [0.25, 0.3) is 0 Å². The minimum absolute atomic E-state index is 0.0140. The Labute approximate surface area is 190 Å². The first-order valence-corrected chi connectivity index (χ1v) is 12.2. The average molecular weight is 465 g/mol. The van der Waals surface area contributed by atoms with Gasteiger partial charge in [-0.05, 0) is 43.7 Å². The Kier molecular flexibility index (Phi) is 9.80. The molecule has 176 valence electrons. The van der Waals surface area contributed by atoms with Crippen LogP contribution in [0.15, 0.2) is 47.4 Å². The van der Waals surface area contributed by atoms with Gasteiger partial charge in [0.05, 0.1) is 13.2 Å². The first kappa shape index (κ1) is 25.5. The molecule has 0 saturated heterocycles. The van der Waals surface area contributed by atoms with Crippen LogP contribution in [0.5, 0.6) is 17.2 Å². The van der Waals surface area contributed by atoms with Crippen molar-refractivity contribution >= 4 is 21.6 Å². The number of hydrogen-bond acceptors (Lipinski definition) is 6. The zero-order valence-corrected chi connectivity index (χ0v) is 19.9. The molecule has 0 aliphatic heterocycles. The summed E-state index contributed by atoms with van der Waals surface area (Å²) in [4.78, 5) is 12.5. The van der Waals surface area contributed by atoms with Gasteiger partial charge in [0.25, 0.3) is 5.91 Å². The number of carbonyl (C=O) groups is 1. The molecule has 2 aromatic carbocycles. The van der Waals surface area contributed by atoms with Crippen LogP contribution in [-0.4, -0.2) is 51.5 Å². The van der Waals surface area contributed by atoms with Gasteiger partial charge in [-0.1, -0.05) is 32.9 Å². The maximum absolute atomic E-state index is 13.1. The number of nitrogens with one attached hydrogen (secondary N) is 1. The van der Waals surface area contributed by atoms with E-state index in [1.807, 2.05) is 13.0 Å². The number of ether oxygens (including phenoxy) is 3. The van der Waals surface area contributed by atoms with Gasteiger partial charge in [-0.15, -0.1) is 0 Å². The lowest BCUT2D eigenvalue weighted by molar-refractivity contribution is -0.118. The number of hydrogen-bond donors (Lipinski definition) is 1. The molecule has 0 radical (unpaired) electrons. The number of sulfonamides is 1. The normalized spacial score (nSPS) is 11.3. The predicted molar refractivity (Wildman–Crippen MR) is 124 cm³/mol. The topological polar surface area (TPSA) is 94.2 Å². The van der Waals surface area contributed by atoms with Gasteiger partial charge < -0.3 is 19.5 Å². The molecule has 0 unspecified atom stereocenters. The van der Waals surface area contributed by atoms with Crippen LogP contribution in [-0.2, 0) is 14.8 Å². The van der Waals surface area contributed by atoms with Crippen molar-refractivity contribution in [2.45, 2.75) is 39.0 Å². The van der Waals surface area contributed by atoms with Crippen molar-refractivity contribution in [1.29, 1.82) is 0 Å². The quantitative estimate of drug-likeness (QED) is 0.483. The Morgan fingerprint density at radius 2 is 1.56 bits per heavy atom. The molecular formula is C23H32N2O6S. The fourth-order valence-electron chi connectivity index (χ4n) is 3.01. The summed E-state index contributed by atoms with van der Waals surface area (Å²) in [5.41, 5.74) is 0.336. The number of anilines is 1. The van der Waals surface area contributed by atoms with Crippen molar-refractivity contribution in [2.75, 3.05) is 38.2 Å². The van der Waals surface area contributed by atoms with Crippen molar-refractivity contribution in [3.63, 3.8) is 0 Å². The molecule has 0 aliphatic carbocycles. The van der Waals surface area contributed by atoms with Crippen LogP contribution < -0.4 is 19.5 Å². The lowest BCUT2D eigenvalue weighted by atomic mass is 10.3. The highest BCUT2D eigenvalue weighted by molar-refractivity contribution is 7.89. The highest BCUT2D eigenvalue weighted by Gasteiger charge is 2.26. The Morgan fingerprint density at radius 1 is 0.906 bits per heavy atom. The summed E-state index contributed by atoms with van der Waals surface area (Å²) in [6.45, 7) is 8.59. The number of rotatable bonds is 13. The Bertz CT molecular complexity index is 990. The molecule has 2 aromatic rings. The van der Waals surface area contributed by atoms with Crippen molar-refractivity contribution in [3.8, 4) is 17.2 Å². The van der Waals surface area contributed by atoms with Gasteiger partial charge in [0.15, 0.2) is 18.1 Å². The van der Waals surface area contributed by atoms with Gasteiger partial charge in [-0.2, -0.15) is 4.31 Å². The zero-order chi connectivity index (χ0) is 23.6. The predicted octanol–water partition coefficient (Wildman–Crippen LogP) is 3.92. The summed E-state index contributed by atoms with van der Waals surface area (Å²) in [5, 5.41) is 2.69. The van der Waals surface area contributed by atoms with E-state index in [2.05, 4.69) is 5.32 Å². The lowest BCUT2D eigenvalue weighted by Crippen LogP contribution is -2.31. The molecule has 0 aromatic heterocycles. The van der Waals surface area contributed by atoms with Gasteiger partial charge in [0.1, 0.15) is 10.6 Å². The standard InChI is InChI=1S/C23H32N2O6S/c1-5-15-30-19-11-9-10-12-20(19)31-17-23(26)24-18-13-14-21(29-8-4)22(16-18)32(27,28)25(6-2)7-3/h9-14,16H,5-8,15,17H2,1-4H3,(H,24,26). The van der Waals surface area contributed by atoms with Crippen LogP contribution in [0, 0.1) is 0 Å². The van der Waals surface area contributed by atoms with E-state index in [1.54, 1.807) is 51.1 Å². The highest BCUT2D eigenvalue weighted by Crippen LogP contribution is 2.30. The van der Waals surface area contributed by atoms with Crippen LogP contribution in [0.1, 0.15) is 34.1 Å². The Morgan fingerprint density at radius 3 is 2.16 bits per heavy atom. The number of amides is 1. The van der Waals surface area contributed by atoms with E-state index in [4.69, 9.17) is 14.2 Å². The number of para-hydroxylation sites is 2. The lowest BCUT2D eigenvalue weighted by Gasteiger charge is -2.21. The third kappa shape index (κ3) is 6.61. The molecule has 0 atom stereocenters. The summed E-state index contributed by atoms with van der Waals surface area (Å²) in [6.07, 6.45) is 0.852. The van der Waals surface area contributed by atoms with Gasteiger partial charge in [-0.25, -0.2) is 8.42 Å². The molecule has 0 aliphatic rings. The Hall–Kier alpha value is -2.78. The van der Waals surface area contributed by atoms with Crippen LogP contribution in [0.3, 0.4) is 0 Å². The van der Waals surface area contributed by atoms with Crippen molar-refractivity contribution in [3.05, 3.63) is 42.5 Å². The number of benzene rings is 2. The zero-order valence-electron chi connectivity index (χ0n) is 19.1. The molecule has 0 bridgehead atoms. The van der Waals surface area contributed by atoms with E-state index in [0.717, 1.165) is 6.42 Å². The fraction of sp³-hybridized carbons (Fsp3) is 0.435. The molecule has 0 spiro atoms.